The highest BCUT2D eigenvalue weighted by atomic mass is 32.1. The van der Waals surface area contributed by atoms with E-state index in [-0.39, 0.29) is 0 Å². The molecule has 1 nitrogen and oxygen atoms in total. The molecule has 0 saturated carbocycles. The first-order chi connectivity index (χ1) is 7.00. The maximum atomic E-state index is 4.29. The Hall–Kier alpha value is -0.470. The SMILES string of the molecule is CC(C)N(Cc1ccc(S)cc1)C(C)C. The third kappa shape index (κ3) is 3.88. The molecule has 0 aliphatic rings. The molecule has 0 amide bonds. The molecule has 84 valence electrons. The third-order valence-corrected chi connectivity index (χ3v) is 2.93. The fourth-order valence-electron chi connectivity index (χ4n) is 1.77. The summed E-state index contributed by atoms with van der Waals surface area (Å²) in [6.07, 6.45) is 0. The molecule has 0 fully saturated rings. The van der Waals surface area contributed by atoms with E-state index in [1.54, 1.807) is 0 Å². The van der Waals surface area contributed by atoms with Crippen molar-refractivity contribution in [3.05, 3.63) is 29.8 Å². The molecule has 0 saturated heterocycles. The van der Waals surface area contributed by atoms with Gasteiger partial charge in [-0.05, 0) is 45.4 Å². The van der Waals surface area contributed by atoms with Gasteiger partial charge in [-0.15, -0.1) is 12.6 Å². The summed E-state index contributed by atoms with van der Waals surface area (Å²) in [7, 11) is 0. The van der Waals surface area contributed by atoms with Gasteiger partial charge in [-0.1, -0.05) is 12.1 Å². The largest absolute Gasteiger partial charge is 0.294 e. The van der Waals surface area contributed by atoms with Crippen molar-refractivity contribution in [2.24, 2.45) is 0 Å². The van der Waals surface area contributed by atoms with Crippen molar-refractivity contribution >= 4 is 12.6 Å². The Morgan fingerprint density at radius 2 is 1.47 bits per heavy atom. The van der Waals surface area contributed by atoms with Crippen molar-refractivity contribution in [2.75, 3.05) is 0 Å². The zero-order valence-corrected chi connectivity index (χ0v) is 11.0. The van der Waals surface area contributed by atoms with E-state index < -0.39 is 0 Å². The highest BCUT2D eigenvalue weighted by Crippen LogP contribution is 2.14. The lowest BCUT2D eigenvalue weighted by molar-refractivity contribution is 0.166. The zero-order valence-electron chi connectivity index (χ0n) is 10.1. The minimum absolute atomic E-state index is 0.584. The van der Waals surface area contributed by atoms with Crippen LogP contribution >= 0.6 is 12.6 Å². The second-order valence-electron chi connectivity index (χ2n) is 4.53. The van der Waals surface area contributed by atoms with E-state index in [1.165, 1.54) is 5.56 Å². The van der Waals surface area contributed by atoms with Crippen LogP contribution in [0.3, 0.4) is 0 Å². The molecule has 2 heteroatoms. The highest BCUT2D eigenvalue weighted by molar-refractivity contribution is 7.80. The zero-order chi connectivity index (χ0) is 11.4. The van der Waals surface area contributed by atoms with E-state index in [0.29, 0.717) is 12.1 Å². The van der Waals surface area contributed by atoms with Crippen LogP contribution in [0, 0.1) is 0 Å². The summed E-state index contributed by atoms with van der Waals surface area (Å²) in [5, 5.41) is 0. The molecule has 0 spiro atoms. The number of hydrogen-bond acceptors (Lipinski definition) is 2. The first-order valence-corrected chi connectivity index (χ1v) is 5.99. The van der Waals surface area contributed by atoms with Crippen molar-refractivity contribution in [3.8, 4) is 0 Å². The summed E-state index contributed by atoms with van der Waals surface area (Å²) in [4.78, 5) is 3.51. The fourth-order valence-corrected chi connectivity index (χ4v) is 1.92. The summed E-state index contributed by atoms with van der Waals surface area (Å²) >= 11 is 4.29. The smallest absolute Gasteiger partial charge is 0.0239 e. The van der Waals surface area contributed by atoms with E-state index in [0.717, 1.165) is 11.4 Å². The molecule has 0 bridgehead atoms. The predicted octanol–water partition coefficient (Wildman–Crippen LogP) is 3.59. The molecule has 0 aliphatic heterocycles. The lowest BCUT2D eigenvalue weighted by Crippen LogP contribution is -2.36. The first-order valence-electron chi connectivity index (χ1n) is 5.54. The Kier molecular flexibility index (Phi) is 4.68. The number of benzene rings is 1. The molecule has 0 aromatic heterocycles. The van der Waals surface area contributed by atoms with Gasteiger partial charge in [0.2, 0.25) is 0 Å². The summed E-state index contributed by atoms with van der Waals surface area (Å²) in [6.45, 7) is 9.99. The maximum absolute atomic E-state index is 4.29. The van der Waals surface area contributed by atoms with Crippen molar-refractivity contribution < 1.29 is 0 Å². The normalized spacial score (nSPS) is 11.7. The van der Waals surface area contributed by atoms with Gasteiger partial charge in [0.05, 0.1) is 0 Å². The van der Waals surface area contributed by atoms with Crippen LogP contribution in [0.25, 0.3) is 0 Å². The molecule has 0 unspecified atom stereocenters. The Bertz CT molecular complexity index is 282. The Balaban J connectivity index is 2.70. The molecule has 1 aromatic rings. The van der Waals surface area contributed by atoms with E-state index in [9.17, 15) is 0 Å². The Morgan fingerprint density at radius 1 is 1.00 bits per heavy atom. The van der Waals surface area contributed by atoms with Crippen LogP contribution in [-0.4, -0.2) is 17.0 Å². The van der Waals surface area contributed by atoms with Crippen molar-refractivity contribution in [1.82, 2.24) is 4.90 Å². The standard InChI is InChI=1S/C13H21NS/c1-10(2)14(11(3)4)9-12-5-7-13(15)8-6-12/h5-8,10-11,15H,9H2,1-4H3. The molecule has 0 atom stereocenters. The summed E-state index contributed by atoms with van der Waals surface area (Å²) in [5.41, 5.74) is 1.36. The predicted molar refractivity (Wildman–Crippen MR) is 69.5 cm³/mol. The average Bonchev–Trinajstić information content (AvgIpc) is 2.15. The molecular formula is C13H21NS. The molecule has 0 heterocycles. The topological polar surface area (TPSA) is 3.24 Å². The second-order valence-corrected chi connectivity index (χ2v) is 5.04. The van der Waals surface area contributed by atoms with Crippen LogP contribution in [0.1, 0.15) is 33.3 Å². The van der Waals surface area contributed by atoms with E-state index in [1.807, 2.05) is 0 Å². The quantitative estimate of drug-likeness (QED) is 0.763. The minimum atomic E-state index is 0.584. The first kappa shape index (κ1) is 12.6. The van der Waals surface area contributed by atoms with Crippen LogP contribution in [0.5, 0.6) is 0 Å². The lowest BCUT2D eigenvalue weighted by atomic mass is 10.1. The van der Waals surface area contributed by atoms with Gasteiger partial charge in [-0.2, -0.15) is 0 Å². The van der Waals surface area contributed by atoms with Crippen LogP contribution in [0.4, 0.5) is 0 Å². The van der Waals surface area contributed by atoms with E-state index in [4.69, 9.17) is 0 Å². The van der Waals surface area contributed by atoms with Crippen LogP contribution < -0.4 is 0 Å². The average molecular weight is 223 g/mol. The fraction of sp³-hybridized carbons (Fsp3) is 0.538. The molecular weight excluding hydrogens is 202 g/mol. The lowest BCUT2D eigenvalue weighted by Gasteiger charge is -2.30. The van der Waals surface area contributed by atoms with Gasteiger partial charge in [-0.25, -0.2) is 0 Å². The van der Waals surface area contributed by atoms with Gasteiger partial charge in [0.25, 0.3) is 0 Å². The summed E-state index contributed by atoms with van der Waals surface area (Å²) in [6, 6.07) is 9.58. The van der Waals surface area contributed by atoms with Crippen molar-refractivity contribution in [3.63, 3.8) is 0 Å². The van der Waals surface area contributed by atoms with Crippen molar-refractivity contribution in [2.45, 2.75) is 51.2 Å². The van der Waals surface area contributed by atoms with Crippen LogP contribution in [-0.2, 0) is 6.54 Å². The third-order valence-electron chi connectivity index (χ3n) is 2.63. The second kappa shape index (κ2) is 5.57. The van der Waals surface area contributed by atoms with Gasteiger partial charge in [-0.3, -0.25) is 4.90 Å². The maximum Gasteiger partial charge on any atom is 0.0239 e. The van der Waals surface area contributed by atoms with Gasteiger partial charge < -0.3 is 0 Å². The van der Waals surface area contributed by atoms with Gasteiger partial charge in [0.15, 0.2) is 0 Å². The van der Waals surface area contributed by atoms with Crippen LogP contribution in [0.15, 0.2) is 29.2 Å². The monoisotopic (exact) mass is 223 g/mol. The number of rotatable bonds is 4. The van der Waals surface area contributed by atoms with E-state index in [2.05, 4.69) is 69.5 Å². The molecule has 0 N–H and O–H groups in total. The van der Waals surface area contributed by atoms with Crippen LogP contribution in [0.2, 0.25) is 0 Å². The summed E-state index contributed by atoms with van der Waals surface area (Å²) < 4.78 is 0. The highest BCUT2D eigenvalue weighted by Gasteiger charge is 2.13. The molecule has 0 radical (unpaired) electrons. The Labute approximate surface area is 98.9 Å². The molecule has 15 heavy (non-hydrogen) atoms. The molecule has 1 rings (SSSR count). The Morgan fingerprint density at radius 3 is 1.87 bits per heavy atom. The van der Waals surface area contributed by atoms with Gasteiger partial charge >= 0.3 is 0 Å². The van der Waals surface area contributed by atoms with Crippen molar-refractivity contribution in [1.29, 1.82) is 0 Å². The number of hydrogen-bond donors (Lipinski definition) is 1. The van der Waals surface area contributed by atoms with Gasteiger partial charge in [0.1, 0.15) is 0 Å². The molecule has 1 aromatic carbocycles. The molecule has 0 aliphatic carbocycles. The number of nitrogens with zero attached hydrogens (tertiary/aromatic N) is 1. The number of thiol groups is 1. The summed E-state index contributed by atoms with van der Waals surface area (Å²) in [5.74, 6) is 0. The minimum Gasteiger partial charge on any atom is -0.294 e. The van der Waals surface area contributed by atoms with Gasteiger partial charge in [0, 0.05) is 23.5 Å². The van der Waals surface area contributed by atoms with E-state index >= 15 is 0 Å².